The predicted molar refractivity (Wildman–Crippen MR) is 89.9 cm³/mol. The van der Waals surface area contributed by atoms with Crippen molar-refractivity contribution in [3.05, 3.63) is 84.4 Å². The Morgan fingerprint density at radius 3 is 2.00 bits per heavy atom. The maximum Gasteiger partial charge on any atom is 0.370 e. The average molecular weight is 312 g/mol. The SMILES string of the molecule is C=CC(=O)O[SiH2]OC(CC)(c1ccccc1)c1ccccc1. The fourth-order valence-electron chi connectivity index (χ4n) is 2.51. The number of carbonyl (C=O) groups excluding carboxylic acids is 1. The molecule has 0 spiro atoms. The Balaban J connectivity index is 2.35. The second-order valence-electron chi connectivity index (χ2n) is 4.84. The lowest BCUT2D eigenvalue weighted by Crippen LogP contribution is -2.33. The van der Waals surface area contributed by atoms with E-state index < -0.39 is 21.6 Å². The first-order valence-electron chi connectivity index (χ1n) is 7.27. The third-order valence-electron chi connectivity index (χ3n) is 3.65. The van der Waals surface area contributed by atoms with Crippen LogP contribution < -0.4 is 0 Å². The summed E-state index contributed by atoms with van der Waals surface area (Å²) in [5.74, 6) is -0.433. The zero-order valence-corrected chi connectivity index (χ0v) is 14.1. The van der Waals surface area contributed by atoms with Gasteiger partial charge in [0.15, 0.2) is 0 Å². The zero-order chi connectivity index (χ0) is 15.8. The van der Waals surface area contributed by atoms with Crippen molar-refractivity contribution in [1.29, 1.82) is 0 Å². The van der Waals surface area contributed by atoms with Gasteiger partial charge in [-0.15, -0.1) is 0 Å². The number of carbonyl (C=O) groups is 1. The van der Waals surface area contributed by atoms with E-state index in [2.05, 4.69) is 13.5 Å². The summed E-state index contributed by atoms with van der Waals surface area (Å²) < 4.78 is 11.3. The molecule has 0 unspecified atom stereocenters. The van der Waals surface area contributed by atoms with Gasteiger partial charge < -0.3 is 8.85 Å². The van der Waals surface area contributed by atoms with Crippen LogP contribution in [0.1, 0.15) is 24.5 Å². The topological polar surface area (TPSA) is 35.5 Å². The molecule has 0 aliphatic carbocycles. The lowest BCUT2D eigenvalue weighted by atomic mass is 9.84. The summed E-state index contributed by atoms with van der Waals surface area (Å²) >= 11 is 0. The summed E-state index contributed by atoms with van der Waals surface area (Å²) in [6.07, 6.45) is 1.91. The summed E-state index contributed by atoms with van der Waals surface area (Å²) in [6, 6.07) is 20.1. The van der Waals surface area contributed by atoms with Crippen molar-refractivity contribution < 1.29 is 13.6 Å². The van der Waals surface area contributed by atoms with E-state index in [-0.39, 0.29) is 0 Å². The minimum atomic E-state index is -1.47. The van der Waals surface area contributed by atoms with E-state index in [4.69, 9.17) is 8.85 Å². The van der Waals surface area contributed by atoms with Gasteiger partial charge in [-0.3, -0.25) is 0 Å². The molecule has 0 radical (unpaired) electrons. The molecule has 0 bridgehead atoms. The van der Waals surface area contributed by atoms with Crippen molar-refractivity contribution in [3.63, 3.8) is 0 Å². The molecule has 114 valence electrons. The minimum Gasteiger partial charge on any atom is -0.496 e. The van der Waals surface area contributed by atoms with Crippen LogP contribution in [0.3, 0.4) is 0 Å². The normalized spacial score (nSPS) is 11.5. The zero-order valence-electron chi connectivity index (χ0n) is 12.7. The van der Waals surface area contributed by atoms with Gasteiger partial charge in [-0.1, -0.05) is 74.2 Å². The molecule has 4 heteroatoms. The molecule has 2 aromatic carbocycles. The van der Waals surface area contributed by atoms with E-state index in [0.29, 0.717) is 0 Å². The van der Waals surface area contributed by atoms with Gasteiger partial charge in [-0.2, -0.15) is 0 Å². The van der Waals surface area contributed by atoms with E-state index in [1.807, 2.05) is 60.7 Å². The monoisotopic (exact) mass is 312 g/mol. The molecular formula is C18H20O3Si. The summed E-state index contributed by atoms with van der Waals surface area (Å²) in [5, 5.41) is 0. The largest absolute Gasteiger partial charge is 0.496 e. The summed E-state index contributed by atoms with van der Waals surface area (Å²) in [4.78, 5) is 11.3. The molecule has 0 aromatic heterocycles. The van der Waals surface area contributed by atoms with Crippen molar-refractivity contribution in [2.24, 2.45) is 0 Å². The smallest absolute Gasteiger partial charge is 0.370 e. The van der Waals surface area contributed by atoms with Crippen LogP contribution in [0.2, 0.25) is 0 Å². The van der Waals surface area contributed by atoms with Crippen molar-refractivity contribution in [2.75, 3.05) is 0 Å². The third kappa shape index (κ3) is 3.53. The van der Waals surface area contributed by atoms with Gasteiger partial charge in [0.05, 0.1) is 0 Å². The Bertz CT molecular complexity index is 571. The second-order valence-corrected chi connectivity index (χ2v) is 5.66. The molecule has 0 amide bonds. The summed E-state index contributed by atoms with van der Waals surface area (Å²) in [5.41, 5.74) is 1.53. The van der Waals surface area contributed by atoms with E-state index in [9.17, 15) is 4.79 Å². The first-order valence-corrected chi connectivity index (χ1v) is 8.42. The maximum absolute atomic E-state index is 11.3. The van der Waals surface area contributed by atoms with Gasteiger partial charge in [-0.05, 0) is 17.5 Å². The Kier molecular flexibility index (Phi) is 5.69. The van der Waals surface area contributed by atoms with Gasteiger partial charge in [0.1, 0.15) is 5.60 Å². The van der Waals surface area contributed by atoms with Crippen LogP contribution in [0.25, 0.3) is 0 Å². The quantitative estimate of drug-likeness (QED) is 0.582. The lowest BCUT2D eigenvalue weighted by molar-refractivity contribution is -0.130. The van der Waals surface area contributed by atoms with Gasteiger partial charge in [0, 0.05) is 6.08 Å². The molecular weight excluding hydrogens is 292 g/mol. The van der Waals surface area contributed by atoms with Crippen LogP contribution in [0.15, 0.2) is 73.3 Å². The highest BCUT2D eigenvalue weighted by Crippen LogP contribution is 2.36. The Morgan fingerprint density at radius 1 is 1.09 bits per heavy atom. The number of hydrogen-bond donors (Lipinski definition) is 0. The van der Waals surface area contributed by atoms with Crippen molar-refractivity contribution >= 4 is 16.0 Å². The molecule has 0 fully saturated rings. The second kappa shape index (κ2) is 7.73. The van der Waals surface area contributed by atoms with Crippen LogP contribution in [0, 0.1) is 0 Å². The standard InChI is InChI=1S/C18H20O3Si/c1-3-17(19)20-22-21-18(4-2,15-11-7-5-8-12-15)16-13-9-6-10-14-16/h3,5-14H,1,4,22H2,2H3. The molecule has 0 heterocycles. The van der Waals surface area contributed by atoms with Crippen LogP contribution in [-0.2, 0) is 19.2 Å². The van der Waals surface area contributed by atoms with Crippen molar-refractivity contribution in [2.45, 2.75) is 18.9 Å². The summed E-state index contributed by atoms with van der Waals surface area (Å²) in [7, 11) is -1.47. The van der Waals surface area contributed by atoms with Crippen LogP contribution >= 0.6 is 0 Å². The van der Waals surface area contributed by atoms with E-state index in [1.165, 1.54) is 0 Å². The highest BCUT2D eigenvalue weighted by atomic mass is 28.3. The molecule has 0 N–H and O–H groups in total. The molecule has 0 saturated heterocycles. The third-order valence-corrected chi connectivity index (χ3v) is 4.66. The molecule has 2 aromatic rings. The molecule has 0 aliphatic rings. The Morgan fingerprint density at radius 2 is 1.59 bits per heavy atom. The Labute approximate surface area is 133 Å². The Hall–Kier alpha value is -2.17. The van der Waals surface area contributed by atoms with E-state index >= 15 is 0 Å². The highest BCUT2D eigenvalue weighted by Gasteiger charge is 2.33. The average Bonchev–Trinajstić information content (AvgIpc) is 2.60. The van der Waals surface area contributed by atoms with Gasteiger partial charge in [0.25, 0.3) is 0 Å². The summed E-state index contributed by atoms with van der Waals surface area (Å²) in [6.45, 7) is 5.48. The van der Waals surface area contributed by atoms with Crippen LogP contribution in [-0.4, -0.2) is 16.0 Å². The maximum atomic E-state index is 11.3. The minimum absolute atomic E-state index is 0.433. The van der Waals surface area contributed by atoms with E-state index in [0.717, 1.165) is 23.6 Å². The van der Waals surface area contributed by atoms with Gasteiger partial charge in [-0.25, -0.2) is 4.79 Å². The molecule has 2 rings (SSSR count). The lowest BCUT2D eigenvalue weighted by Gasteiger charge is -2.34. The predicted octanol–water partition coefficient (Wildman–Crippen LogP) is 3.08. The van der Waals surface area contributed by atoms with Gasteiger partial charge >= 0.3 is 16.0 Å². The van der Waals surface area contributed by atoms with Crippen molar-refractivity contribution in [1.82, 2.24) is 0 Å². The number of rotatable bonds is 7. The number of benzene rings is 2. The fourth-order valence-corrected chi connectivity index (χ4v) is 3.54. The molecule has 22 heavy (non-hydrogen) atoms. The first kappa shape index (κ1) is 16.2. The molecule has 0 atom stereocenters. The van der Waals surface area contributed by atoms with Gasteiger partial charge in [0.2, 0.25) is 0 Å². The first-order chi connectivity index (χ1) is 10.7. The fraction of sp³-hybridized carbons (Fsp3) is 0.167. The highest BCUT2D eigenvalue weighted by molar-refractivity contribution is 6.23. The van der Waals surface area contributed by atoms with E-state index in [1.54, 1.807) is 0 Å². The van der Waals surface area contributed by atoms with Crippen LogP contribution in [0.5, 0.6) is 0 Å². The number of hydrogen-bond acceptors (Lipinski definition) is 3. The van der Waals surface area contributed by atoms with Crippen LogP contribution in [0.4, 0.5) is 0 Å². The van der Waals surface area contributed by atoms with Crippen molar-refractivity contribution in [3.8, 4) is 0 Å². The molecule has 0 saturated carbocycles. The molecule has 3 nitrogen and oxygen atoms in total. The molecule has 0 aliphatic heterocycles.